The van der Waals surface area contributed by atoms with Crippen LogP contribution < -0.4 is 0 Å². The topological polar surface area (TPSA) is 20.3 Å². The summed E-state index contributed by atoms with van der Waals surface area (Å²) in [6.07, 6.45) is 6.51. The second-order valence-corrected chi connectivity index (χ2v) is 5.37. The van der Waals surface area contributed by atoms with E-state index in [0.717, 1.165) is 37.6 Å². The molecule has 1 heterocycles. The van der Waals surface area contributed by atoms with Crippen LogP contribution in [0.1, 0.15) is 52.4 Å². The minimum absolute atomic E-state index is 0.478. The van der Waals surface area contributed by atoms with Gasteiger partial charge in [-0.1, -0.05) is 13.8 Å². The molecule has 0 aromatic rings. The number of hydrogen-bond acceptors (Lipinski definition) is 2. The van der Waals surface area contributed by atoms with E-state index >= 15 is 0 Å². The van der Waals surface area contributed by atoms with Gasteiger partial charge in [0.2, 0.25) is 0 Å². The van der Waals surface area contributed by atoms with E-state index in [0.29, 0.717) is 11.8 Å². The molecular weight excluding hydrogens is 186 g/mol. The highest BCUT2D eigenvalue weighted by atomic mass is 16.1. The molecule has 2 aliphatic rings. The van der Waals surface area contributed by atoms with Crippen LogP contribution in [0.15, 0.2) is 0 Å². The zero-order chi connectivity index (χ0) is 10.8. The Bertz CT molecular complexity index is 229. The molecule has 0 amide bonds. The molecule has 1 saturated carbocycles. The molecule has 0 aromatic heterocycles. The quantitative estimate of drug-likeness (QED) is 0.697. The van der Waals surface area contributed by atoms with Crippen molar-refractivity contribution in [3.8, 4) is 0 Å². The van der Waals surface area contributed by atoms with E-state index in [1.807, 2.05) is 0 Å². The summed E-state index contributed by atoms with van der Waals surface area (Å²) in [7, 11) is 0. The summed E-state index contributed by atoms with van der Waals surface area (Å²) in [5, 5.41) is 0. The smallest absolute Gasteiger partial charge is 0.133 e. The third-order valence-electron chi connectivity index (χ3n) is 4.12. The van der Waals surface area contributed by atoms with Crippen LogP contribution in [0.3, 0.4) is 0 Å². The second kappa shape index (κ2) is 4.65. The standard InChI is InChI=1S/C13H23NO/c1-3-11-8-10(2)9-14(11)12-4-6-13(15)7-5-12/h10-12H,3-9H2,1-2H3. The van der Waals surface area contributed by atoms with Crippen LogP contribution in [0, 0.1) is 5.92 Å². The predicted molar refractivity (Wildman–Crippen MR) is 61.8 cm³/mol. The lowest BCUT2D eigenvalue weighted by Crippen LogP contribution is -2.41. The summed E-state index contributed by atoms with van der Waals surface area (Å²) in [5.74, 6) is 1.33. The SMILES string of the molecule is CCC1CC(C)CN1C1CCC(=O)CC1. The van der Waals surface area contributed by atoms with Crippen molar-refractivity contribution in [1.82, 2.24) is 4.90 Å². The minimum Gasteiger partial charge on any atom is -0.300 e. The fraction of sp³-hybridized carbons (Fsp3) is 0.923. The Morgan fingerprint density at radius 3 is 2.60 bits per heavy atom. The van der Waals surface area contributed by atoms with Gasteiger partial charge in [0.25, 0.3) is 0 Å². The molecule has 2 unspecified atom stereocenters. The molecule has 2 rings (SSSR count). The fourth-order valence-electron chi connectivity index (χ4n) is 3.29. The number of hydrogen-bond donors (Lipinski definition) is 0. The van der Waals surface area contributed by atoms with Crippen LogP contribution in [-0.2, 0) is 4.79 Å². The lowest BCUT2D eigenvalue weighted by atomic mass is 9.92. The molecule has 2 atom stereocenters. The van der Waals surface area contributed by atoms with Gasteiger partial charge in [-0.3, -0.25) is 9.69 Å². The van der Waals surface area contributed by atoms with E-state index < -0.39 is 0 Å². The molecule has 1 aliphatic heterocycles. The van der Waals surface area contributed by atoms with Crippen molar-refractivity contribution in [2.75, 3.05) is 6.54 Å². The maximum atomic E-state index is 11.2. The Hall–Kier alpha value is -0.370. The Labute approximate surface area is 93.0 Å². The Morgan fingerprint density at radius 2 is 2.00 bits per heavy atom. The Kier molecular flexibility index (Phi) is 3.45. The van der Waals surface area contributed by atoms with E-state index in [-0.39, 0.29) is 0 Å². The largest absolute Gasteiger partial charge is 0.300 e. The van der Waals surface area contributed by atoms with Gasteiger partial charge in [-0.05, 0) is 31.6 Å². The number of carbonyl (C=O) groups excluding carboxylic acids is 1. The summed E-state index contributed by atoms with van der Waals surface area (Å²) in [6, 6.07) is 1.50. The normalized spacial score (nSPS) is 34.9. The minimum atomic E-state index is 0.478. The summed E-state index contributed by atoms with van der Waals surface area (Å²) in [5.41, 5.74) is 0. The van der Waals surface area contributed by atoms with Crippen molar-refractivity contribution in [2.45, 2.75) is 64.5 Å². The van der Waals surface area contributed by atoms with Gasteiger partial charge in [0.1, 0.15) is 5.78 Å². The summed E-state index contributed by atoms with van der Waals surface area (Å²) < 4.78 is 0. The Morgan fingerprint density at radius 1 is 1.33 bits per heavy atom. The van der Waals surface area contributed by atoms with Gasteiger partial charge in [-0.25, -0.2) is 0 Å². The van der Waals surface area contributed by atoms with Crippen molar-refractivity contribution >= 4 is 5.78 Å². The van der Waals surface area contributed by atoms with Crippen LogP contribution in [0.5, 0.6) is 0 Å². The monoisotopic (exact) mass is 209 g/mol. The first-order chi connectivity index (χ1) is 7.20. The molecule has 1 aliphatic carbocycles. The lowest BCUT2D eigenvalue weighted by Gasteiger charge is -2.34. The summed E-state index contributed by atoms with van der Waals surface area (Å²) in [4.78, 5) is 13.9. The first-order valence-electron chi connectivity index (χ1n) is 6.48. The van der Waals surface area contributed by atoms with E-state index in [4.69, 9.17) is 0 Å². The predicted octanol–water partition coefficient (Wildman–Crippen LogP) is 2.62. The van der Waals surface area contributed by atoms with E-state index in [2.05, 4.69) is 18.7 Å². The molecule has 0 radical (unpaired) electrons. The lowest BCUT2D eigenvalue weighted by molar-refractivity contribution is -0.121. The number of nitrogens with zero attached hydrogens (tertiary/aromatic N) is 1. The van der Waals surface area contributed by atoms with Crippen molar-refractivity contribution in [3.63, 3.8) is 0 Å². The molecule has 15 heavy (non-hydrogen) atoms. The number of ketones is 1. The third-order valence-corrected chi connectivity index (χ3v) is 4.12. The highest BCUT2D eigenvalue weighted by molar-refractivity contribution is 5.79. The molecule has 1 saturated heterocycles. The fourth-order valence-corrected chi connectivity index (χ4v) is 3.29. The molecule has 86 valence electrons. The zero-order valence-electron chi connectivity index (χ0n) is 10.0. The van der Waals surface area contributed by atoms with Crippen LogP contribution >= 0.6 is 0 Å². The van der Waals surface area contributed by atoms with Gasteiger partial charge in [0.15, 0.2) is 0 Å². The van der Waals surface area contributed by atoms with E-state index in [1.54, 1.807) is 0 Å². The van der Waals surface area contributed by atoms with Gasteiger partial charge in [-0.15, -0.1) is 0 Å². The average Bonchev–Trinajstić information content (AvgIpc) is 2.61. The first kappa shape index (κ1) is 11.1. The molecule has 0 N–H and O–H groups in total. The van der Waals surface area contributed by atoms with E-state index in [1.165, 1.54) is 19.4 Å². The zero-order valence-corrected chi connectivity index (χ0v) is 10.0. The van der Waals surface area contributed by atoms with Crippen molar-refractivity contribution in [2.24, 2.45) is 5.92 Å². The highest BCUT2D eigenvalue weighted by Gasteiger charge is 2.34. The maximum absolute atomic E-state index is 11.2. The van der Waals surface area contributed by atoms with Gasteiger partial charge < -0.3 is 0 Å². The van der Waals surface area contributed by atoms with Crippen molar-refractivity contribution in [3.05, 3.63) is 0 Å². The summed E-state index contributed by atoms with van der Waals surface area (Å²) in [6.45, 7) is 5.91. The Balaban J connectivity index is 1.94. The molecule has 0 spiro atoms. The van der Waals surface area contributed by atoms with Crippen molar-refractivity contribution in [1.29, 1.82) is 0 Å². The number of rotatable bonds is 2. The van der Waals surface area contributed by atoms with Crippen LogP contribution in [0.4, 0.5) is 0 Å². The van der Waals surface area contributed by atoms with Crippen LogP contribution in [-0.4, -0.2) is 29.3 Å². The molecule has 0 aromatic carbocycles. The molecule has 2 heteroatoms. The second-order valence-electron chi connectivity index (χ2n) is 5.37. The number of Topliss-reactive ketones (excluding diaryl/α,β-unsaturated/α-hetero) is 1. The van der Waals surface area contributed by atoms with Crippen molar-refractivity contribution < 1.29 is 4.79 Å². The summed E-state index contributed by atoms with van der Waals surface area (Å²) >= 11 is 0. The van der Waals surface area contributed by atoms with Gasteiger partial charge in [0, 0.05) is 31.5 Å². The third kappa shape index (κ3) is 2.41. The highest BCUT2D eigenvalue weighted by Crippen LogP contribution is 2.31. The van der Waals surface area contributed by atoms with Gasteiger partial charge >= 0.3 is 0 Å². The van der Waals surface area contributed by atoms with Crippen LogP contribution in [0.25, 0.3) is 0 Å². The first-order valence-corrected chi connectivity index (χ1v) is 6.48. The van der Waals surface area contributed by atoms with E-state index in [9.17, 15) is 4.79 Å². The number of carbonyl (C=O) groups is 1. The average molecular weight is 209 g/mol. The maximum Gasteiger partial charge on any atom is 0.133 e. The number of likely N-dealkylation sites (tertiary alicyclic amines) is 1. The molecule has 0 bridgehead atoms. The van der Waals surface area contributed by atoms with Crippen LogP contribution in [0.2, 0.25) is 0 Å². The molecule has 2 fully saturated rings. The molecular formula is C13H23NO. The van der Waals surface area contributed by atoms with Gasteiger partial charge in [-0.2, -0.15) is 0 Å². The van der Waals surface area contributed by atoms with Gasteiger partial charge in [0.05, 0.1) is 0 Å². The molecule has 2 nitrogen and oxygen atoms in total.